The first-order chi connectivity index (χ1) is 11.9. The third-order valence-electron chi connectivity index (χ3n) is 4.41. The first kappa shape index (κ1) is 17.8. The molecule has 2 aromatic rings. The van der Waals surface area contributed by atoms with Crippen molar-refractivity contribution in [2.45, 2.75) is 39.1 Å². The summed E-state index contributed by atoms with van der Waals surface area (Å²) in [5, 5.41) is 3.54. The van der Waals surface area contributed by atoms with Crippen molar-refractivity contribution in [3.8, 4) is 16.9 Å². The molecule has 0 spiro atoms. The third kappa shape index (κ3) is 3.38. The van der Waals surface area contributed by atoms with Crippen LogP contribution in [-0.2, 0) is 5.88 Å². The van der Waals surface area contributed by atoms with Crippen molar-refractivity contribution in [3.05, 3.63) is 53.4 Å². The second-order valence-electron chi connectivity index (χ2n) is 6.90. The van der Waals surface area contributed by atoms with E-state index in [2.05, 4.69) is 38.2 Å². The average Bonchev–Trinajstić information content (AvgIpc) is 2.53. The largest absolute Gasteiger partial charge is 0.493 e. The van der Waals surface area contributed by atoms with E-state index in [0.717, 1.165) is 27.9 Å². The number of allylic oxidation sites excluding steroid dienone is 1. The Morgan fingerprint density at radius 1 is 1.16 bits per heavy atom. The molecule has 1 heterocycles. The van der Waals surface area contributed by atoms with E-state index < -0.39 is 0 Å². The minimum atomic E-state index is -0.308. The van der Waals surface area contributed by atoms with Gasteiger partial charge in [0.25, 0.3) is 0 Å². The smallest absolute Gasteiger partial charge is 0.130 e. The molecule has 1 aliphatic heterocycles. The predicted octanol–water partition coefficient (Wildman–Crippen LogP) is 6.24. The average molecular weight is 360 g/mol. The lowest BCUT2D eigenvalue weighted by Crippen LogP contribution is -2.31. The highest BCUT2D eigenvalue weighted by atomic mass is 35.5. The minimum absolute atomic E-state index is 0.103. The lowest BCUT2D eigenvalue weighted by molar-refractivity contribution is 0.339. The first-order valence-electron chi connectivity index (χ1n) is 8.49. The molecule has 0 radical (unpaired) electrons. The first-order valence-corrected chi connectivity index (χ1v) is 9.02. The molecule has 2 nitrogen and oxygen atoms in total. The van der Waals surface area contributed by atoms with Crippen LogP contribution >= 0.6 is 11.6 Å². The van der Waals surface area contributed by atoms with Gasteiger partial charge in [-0.05, 0) is 62.6 Å². The summed E-state index contributed by atoms with van der Waals surface area (Å²) in [6.45, 7) is 8.76. The van der Waals surface area contributed by atoms with Crippen LogP contribution in [0.25, 0.3) is 16.7 Å². The fourth-order valence-electron chi connectivity index (χ4n) is 3.58. The van der Waals surface area contributed by atoms with Crippen LogP contribution in [0, 0.1) is 5.82 Å². The SMILES string of the molecule is CCOc1cc(F)ccc1-c1ccc2c(c1CCl)C(C)=CC(C)(C)N2. The van der Waals surface area contributed by atoms with Crippen LogP contribution in [-0.4, -0.2) is 12.1 Å². The van der Waals surface area contributed by atoms with Crippen molar-refractivity contribution in [1.82, 2.24) is 0 Å². The molecule has 132 valence electrons. The number of ether oxygens (including phenoxy) is 1. The van der Waals surface area contributed by atoms with Gasteiger partial charge in [-0.3, -0.25) is 0 Å². The third-order valence-corrected chi connectivity index (χ3v) is 4.68. The van der Waals surface area contributed by atoms with Crippen molar-refractivity contribution in [2.24, 2.45) is 0 Å². The van der Waals surface area contributed by atoms with Gasteiger partial charge < -0.3 is 10.1 Å². The van der Waals surface area contributed by atoms with E-state index in [4.69, 9.17) is 16.3 Å². The molecule has 0 aromatic heterocycles. The highest BCUT2D eigenvalue weighted by Crippen LogP contribution is 2.43. The van der Waals surface area contributed by atoms with Gasteiger partial charge >= 0.3 is 0 Å². The fraction of sp³-hybridized carbons (Fsp3) is 0.333. The van der Waals surface area contributed by atoms with Crippen molar-refractivity contribution < 1.29 is 9.13 Å². The van der Waals surface area contributed by atoms with Crippen molar-refractivity contribution in [2.75, 3.05) is 11.9 Å². The Labute approximate surface area is 153 Å². The van der Waals surface area contributed by atoms with E-state index in [9.17, 15) is 4.39 Å². The van der Waals surface area contributed by atoms with Gasteiger partial charge in [-0.15, -0.1) is 11.6 Å². The predicted molar refractivity (Wildman–Crippen MR) is 104 cm³/mol. The van der Waals surface area contributed by atoms with E-state index in [0.29, 0.717) is 18.2 Å². The van der Waals surface area contributed by atoms with Gasteiger partial charge in [0.2, 0.25) is 0 Å². The molecule has 0 unspecified atom stereocenters. The van der Waals surface area contributed by atoms with Gasteiger partial charge in [0, 0.05) is 28.8 Å². The van der Waals surface area contributed by atoms with E-state index in [1.807, 2.05) is 13.0 Å². The number of benzene rings is 2. The van der Waals surface area contributed by atoms with Crippen LogP contribution in [0.1, 0.15) is 38.8 Å². The maximum atomic E-state index is 13.7. The molecule has 0 bridgehead atoms. The molecule has 0 amide bonds. The van der Waals surface area contributed by atoms with Crippen LogP contribution in [0.2, 0.25) is 0 Å². The molecule has 25 heavy (non-hydrogen) atoms. The summed E-state index contributed by atoms with van der Waals surface area (Å²) < 4.78 is 19.3. The Hall–Kier alpha value is -2.00. The summed E-state index contributed by atoms with van der Waals surface area (Å²) >= 11 is 6.35. The van der Waals surface area contributed by atoms with Crippen LogP contribution in [0.15, 0.2) is 36.4 Å². The molecule has 0 aliphatic carbocycles. The van der Waals surface area contributed by atoms with Crippen LogP contribution in [0.5, 0.6) is 5.75 Å². The van der Waals surface area contributed by atoms with Gasteiger partial charge in [0.1, 0.15) is 11.6 Å². The molecule has 3 rings (SSSR count). The maximum absolute atomic E-state index is 13.7. The Morgan fingerprint density at radius 3 is 2.56 bits per heavy atom. The van der Waals surface area contributed by atoms with Crippen molar-refractivity contribution in [3.63, 3.8) is 0 Å². The summed E-state index contributed by atoms with van der Waals surface area (Å²) in [6.07, 6.45) is 2.21. The highest BCUT2D eigenvalue weighted by Gasteiger charge is 2.26. The lowest BCUT2D eigenvalue weighted by Gasteiger charge is -2.33. The number of halogens is 2. The zero-order chi connectivity index (χ0) is 18.2. The monoisotopic (exact) mass is 359 g/mol. The lowest BCUT2D eigenvalue weighted by atomic mass is 9.85. The van der Waals surface area contributed by atoms with E-state index >= 15 is 0 Å². The molecule has 0 atom stereocenters. The molecule has 2 aromatic carbocycles. The second kappa shape index (κ2) is 6.72. The minimum Gasteiger partial charge on any atom is -0.493 e. The molecular formula is C21H23ClFNO. The quantitative estimate of drug-likeness (QED) is 0.652. The normalized spacial score (nSPS) is 15.2. The maximum Gasteiger partial charge on any atom is 0.130 e. The number of hydrogen-bond donors (Lipinski definition) is 1. The highest BCUT2D eigenvalue weighted by molar-refractivity contribution is 6.18. The summed E-state index contributed by atoms with van der Waals surface area (Å²) in [5.74, 6) is 0.603. The van der Waals surface area contributed by atoms with Crippen LogP contribution < -0.4 is 10.1 Å². The summed E-state index contributed by atoms with van der Waals surface area (Å²) in [7, 11) is 0. The standard InChI is InChI=1S/C21H23ClFNO/c1-5-25-19-10-14(23)6-7-16(19)15-8-9-18-20(17(15)12-22)13(2)11-21(3,4)24-18/h6-11,24H,5,12H2,1-4H3. The molecule has 1 aliphatic rings. The van der Waals surface area contributed by atoms with E-state index in [1.165, 1.54) is 17.7 Å². The number of hydrogen-bond acceptors (Lipinski definition) is 2. The molecular weight excluding hydrogens is 337 g/mol. The topological polar surface area (TPSA) is 21.3 Å². The van der Waals surface area contributed by atoms with Gasteiger partial charge in [-0.25, -0.2) is 4.39 Å². The van der Waals surface area contributed by atoms with Crippen LogP contribution in [0.4, 0.5) is 10.1 Å². The molecule has 0 saturated heterocycles. The number of rotatable bonds is 4. The molecule has 0 fully saturated rings. The van der Waals surface area contributed by atoms with E-state index in [1.54, 1.807) is 6.07 Å². The molecule has 0 saturated carbocycles. The zero-order valence-corrected chi connectivity index (χ0v) is 15.8. The number of alkyl halides is 1. The number of nitrogens with one attached hydrogen (secondary N) is 1. The van der Waals surface area contributed by atoms with Crippen LogP contribution in [0.3, 0.4) is 0 Å². The summed E-state index contributed by atoms with van der Waals surface area (Å²) in [6, 6.07) is 8.75. The zero-order valence-electron chi connectivity index (χ0n) is 15.0. The van der Waals surface area contributed by atoms with Gasteiger partial charge in [0.15, 0.2) is 0 Å². The van der Waals surface area contributed by atoms with Gasteiger partial charge in [-0.2, -0.15) is 0 Å². The number of anilines is 1. The second-order valence-corrected chi connectivity index (χ2v) is 7.16. The number of fused-ring (bicyclic) bond motifs is 1. The Morgan fingerprint density at radius 2 is 1.88 bits per heavy atom. The summed E-state index contributed by atoms with van der Waals surface area (Å²) in [5.41, 5.74) is 6.16. The Bertz CT molecular complexity index is 842. The van der Waals surface area contributed by atoms with Crippen molar-refractivity contribution >= 4 is 22.9 Å². The fourth-order valence-corrected chi connectivity index (χ4v) is 3.86. The Kier molecular flexibility index (Phi) is 4.79. The summed E-state index contributed by atoms with van der Waals surface area (Å²) in [4.78, 5) is 0. The molecule has 4 heteroatoms. The van der Waals surface area contributed by atoms with Crippen molar-refractivity contribution in [1.29, 1.82) is 0 Å². The van der Waals surface area contributed by atoms with Gasteiger partial charge in [-0.1, -0.05) is 12.1 Å². The van der Waals surface area contributed by atoms with Gasteiger partial charge in [0.05, 0.1) is 12.1 Å². The molecule has 1 N–H and O–H groups in total. The Balaban J connectivity index is 2.22. The van der Waals surface area contributed by atoms with E-state index in [-0.39, 0.29) is 11.4 Å².